The van der Waals surface area contributed by atoms with E-state index in [-0.39, 0.29) is 4.99 Å². The maximum atomic E-state index is 5.64. The lowest BCUT2D eigenvalue weighted by Crippen LogP contribution is -2.57. The van der Waals surface area contributed by atoms with E-state index in [9.17, 15) is 0 Å². The Labute approximate surface area is 175 Å². The summed E-state index contributed by atoms with van der Waals surface area (Å²) in [4.78, 5) is 2.69. The van der Waals surface area contributed by atoms with Crippen molar-refractivity contribution in [1.29, 1.82) is 0 Å². The van der Waals surface area contributed by atoms with Crippen LogP contribution in [0.2, 0.25) is 12.6 Å². The third kappa shape index (κ3) is 10.7. The Morgan fingerprint density at radius 1 is 0.889 bits per heavy atom. The molecule has 0 amide bonds. The molecule has 0 saturated carbocycles. The van der Waals surface area contributed by atoms with E-state index in [0.29, 0.717) is 0 Å². The lowest BCUT2D eigenvalue weighted by Gasteiger charge is -2.44. The van der Waals surface area contributed by atoms with Crippen LogP contribution in [0.15, 0.2) is 0 Å². The Hall–Kier alpha value is 0.407. The first-order valence-electron chi connectivity index (χ1n) is 11.2. The van der Waals surface area contributed by atoms with Gasteiger partial charge in [0, 0.05) is 14.2 Å². The highest BCUT2D eigenvalue weighted by atomic mass is 32.2. The molecule has 0 aromatic rings. The summed E-state index contributed by atoms with van der Waals surface area (Å²) in [5.74, 6) is 1.14. The van der Waals surface area contributed by atoms with Gasteiger partial charge in [0.25, 0.3) is 0 Å². The Morgan fingerprint density at radius 3 is 2.00 bits per heavy atom. The smallest absolute Gasteiger partial charge is 0.334 e. The van der Waals surface area contributed by atoms with Gasteiger partial charge in [0.05, 0.1) is 0 Å². The molecule has 0 aliphatic carbocycles. The van der Waals surface area contributed by atoms with Gasteiger partial charge in [0.1, 0.15) is 4.99 Å². The van der Waals surface area contributed by atoms with Crippen LogP contribution in [0.1, 0.15) is 79.1 Å². The van der Waals surface area contributed by atoms with E-state index in [1.165, 1.54) is 44.9 Å². The Morgan fingerprint density at radius 2 is 1.48 bits per heavy atom. The molecule has 0 rings (SSSR count). The van der Waals surface area contributed by atoms with Gasteiger partial charge in [-0.05, 0) is 57.2 Å². The lowest BCUT2D eigenvalue weighted by atomic mass is 10.1. The summed E-state index contributed by atoms with van der Waals surface area (Å²) in [6.45, 7) is 14.5. The van der Waals surface area contributed by atoms with Crippen molar-refractivity contribution in [1.82, 2.24) is 10.2 Å². The topological polar surface area (TPSA) is 33.7 Å². The van der Waals surface area contributed by atoms with Crippen LogP contribution in [-0.4, -0.2) is 58.1 Å². The molecule has 0 aromatic carbocycles. The van der Waals surface area contributed by atoms with Crippen LogP contribution < -0.4 is 5.32 Å². The molecule has 0 saturated heterocycles. The number of hydrogen-bond donors (Lipinski definition) is 1. The van der Waals surface area contributed by atoms with Crippen molar-refractivity contribution in [2.24, 2.45) is 0 Å². The first-order valence-corrected chi connectivity index (χ1v) is 14.7. The van der Waals surface area contributed by atoms with Gasteiger partial charge in [-0.2, -0.15) is 0 Å². The molecule has 0 aromatic heterocycles. The number of nitrogens with zero attached hydrogens (tertiary/aromatic N) is 1. The van der Waals surface area contributed by atoms with Crippen molar-refractivity contribution in [3.63, 3.8) is 0 Å². The number of unbranched alkanes of at least 4 members (excludes halogenated alkanes) is 5. The van der Waals surface area contributed by atoms with Crippen LogP contribution in [0.4, 0.5) is 0 Å². The fraction of sp³-hybridized carbons (Fsp3) is 1.00. The zero-order valence-corrected chi connectivity index (χ0v) is 21.2. The number of hydrogen-bond acceptors (Lipinski definition) is 5. The molecule has 0 fully saturated rings. The van der Waals surface area contributed by atoms with Crippen LogP contribution in [0, 0.1) is 0 Å². The first-order chi connectivity index (χ1) is 13.0. The van der Waals surface area contributed by atoms with Crippen molar-refractivity contribution in [3.8, 4) is 0 Å². The van der Waals surface area contributed by atoms with E-state index < -0.39 is 8.56 Å². The van der Waals surface area contributed by atoms with Crippen molar-refractivity contribution < 1.29 is 8.85 Å². The molecule has 1 atom stereocenters. The van der Waals surface area contributed by atoms with E-state index >= 15 is 0 Å². The molecule has 164 valence electrons. The number of thioether (sulfide) groups is 1. The largest absolute Gasteiger partial charge is 0.398 e. The van der Waals surface area contributed by atoms with Crippen LogP contribution in [-0.2, 0) is 8.85 Å². The van der Waals surface area contributed by atoms with Gasteiger partial charge < -0.3 is 8.85 Å². The van der Waals surface area contributed by atoms with Crippen molar-refractivity contribution in [2.45, 2.75) is 96.6 Å². The van der Waals surface area contributed by atoms with E-state index in [4.69, 9.17) is 8.85 Å². The summed E-state index contributed by atoms with van der Waals surface area (Å²) in [6.07, 6.45) is 10.5. The number of rotatable bonds is 19. The third-order valence-corrected chi connectivity index (χ3v) is 9.96. The highest BCUT2D eigenvalue weighted by Gasteiger charge is 2.35. The van der Waals surface area contributed by atoms with Gasteiger partial charge in [-0.1, -0.05) is 59.8 Å². The quantitative estimate of drug-likeness (QED) is 0.161. The minimum atomic E-state index is -1.96. The minimum Gasteiger partial charge on any atom is -0.398 e. The molecule has 0 radical (unpaired) electrons. The molecule has 1 unspecified atom stereocenters. The monoisotopic (exact) mass is 420 g/mol. The predicted octanol–water partition coefficient (Wildman–Crippen LogP) is 5.83. The second kappa shape index (κ2) is 16.2. The standard InChI is InChI=1S/C21H48N2O2SSi/c1-8-12-13-14-15-16-18-21(26-11-4,23(9-2)10-3)22-19-17-20-27(7,24-5)25-6/h22H,8-20H2,1-7H3. The van der Waals surface area contributed by atoms with E-state index in [0.717, 1.165) is 37.9 Å². The van der Waals surface area contributed by atoms with Crippen LogP contribution in [0.5, 0.6) is 0 Å². The van der Waals surface area contributed by atoms with Gasteiger partial charge in [0.15, 0.2) is 0 Å². The summed E-state index contributed by atoms with van der Waals surface area (Å²) >= 11 is 2.08. The summed E-state index contributed by atoms with van der Waals surface area (Å²) < 4.78 is 11.3. The van der Waals surface area contributed by atoms with Crippen molar-refractivity contribution in [3.05, 3.63) is 0 Å². The zero-order valence-electron chi connectivity index (χ0n) is 19.4. The lowest BCUT2D eigenvalue weighted by molar-refractivity contribution is 0.136. The molecule has 0 bridgehead atoms. The molecule has 0 aliphatic rings. The Kier molecular flexibility index (Phi) is 16.5. The molecular formula is C21H48N2O2SSi. The first kappa shape index (κ1) is 27.4. The summed E-state index contributed by atoms with van der Waals surface area (Å²) in [7, 11) is 1.61. The zero-order chi connectivity index (χ0) is 20.6. The van der Waals surface area contributed by atoms with Gasteiger partial charge in [-0.3, -0.25) is 10.2 Å². The molecular weight excluding hydrogens is 372 g/mol. The highest BCUT2D eigenvalue weighted by molar-refractivity contribution is 8.00. The summed E-state index contributed by atoms with van der Waals surface area (Å²) in [5.41, 5.74) is 0. The van der Waals surface area contributed by atoms with Gasteiger partial charge in [0.2, 0.25) is 0 Å². The fourth-order valence-electron chi connectivity index (χ4n) is 3.67. The highest BCUT2D eigenvalue weighted by Crippen LogP contribution is 2.32. The average Bonchev–Trinajstić information content (AvgIpc) is 2.68. The molecule has 6 heteroatoms. The van der Waals surface area contributed by atoms with Gasteiger partial charge >= 0.3 is 8.56 Å². The summed E-state index contributed by atoms with van der Waals surface area (Å²) in [6, 6.07) is 1.04. The second-order valence-corrected chi connectivity index (χ2v) is 12.6. The average molecular weight is 421 g/mol. The van der Waals surface area contributed by atoms with Gasteiger partial charge in [-0.25, -0.2) is 0 Å². The number of nitrogens with one attached hydrogen (secondary N) is 1. The maximum Gasteiger partial charge on any atom is 0.334 e. The SMILES string of the molecule is CCCCCCCCC(NCCC[Si](C)(OC)OC)(SCC)N(CC)CC. The maximum absolute atomic E-state index is 5.64. The van der Waals surface area contributed by atoms with E-state index in [1.807, 2.05) is 0 Å². The van der Waals surface area contributed by atoms with Crippen LogP contribution in [0.3, 0.4) is 0 Å². The Bertz CT molecular complexity index is 342. The Balaban J connectivity index is 4.78. The summed E-state index contributed by atoms with van der Waals surface area (Å²) in [5, 5.41) is 3.96. The van der Waals surface area contributed by atoms with E-state index in [1.54, 1.807) is 14.2 Å². The van der Waals surface area contributed by atoms with Crippen LogP contribution >= 0.6 is 11.8 Å². The van der Waals surface area contributed by atoms with E-state index in [2.05, 4.69) is 56.2 Å². The molecule has 0 heterocycles. The normalized spacial score (nSPS) is 14.7. The molecule has 4 nitrogen and oxygen atoms in total. The molecule has 1 N–H and O–H groups in total. The molecule has 27 heavy (non-hydrogen) atoms. The second-order valence-electron chi connectivity index (χ2n) is 7.48. The fourth-order valence-corrected chi connectivity index (χ4v) is 6.48. The molecule has 0 spiro atoms. The third-order valence-electron chi connectivity index (χ3n) is 5.60. The van der Waals surface area contributed by atoms with Gasteiger partial charge in [-0.15, -0.1) is 11.8 Å². The van der Waals surface area contributed by atoms with Crippen molar-refractivity contribution in [2.75, 3.05) is 39.6 Å². The van der Waals surface area contributed by atoms with Crippen LogP contribution in [0.25, 0.3) is 0 Å². The minimum absolute atomic E-state index is 0.0705. The molecule has 0 aliphatic heterocycles. The van der Waals surface area contributed by atoms with Crippen molar-refractivity contribution >= 4 is 20.3 Å². The predicted molar refractivity (Wildman–Crippen MR) is 125 cm³/mol.